The van der Waals surface area contributed by atoms with Crippen molar-refractivity contribution in [1.29, 1.82) is 0 Å². The summed E-state index contributed by atoms with van der Waals surface area (Å²) >= 11 is 5.40. The van der Waals surface area contributed by atoms with Gasteiger partial charge >= 0.3 is 0 Å². The van der Waals surface area contributed by atoms with Crippen molar-refractivity contribution in [3.8, 4) is 0 Å². The fourth-order valence-corrected chi connectivity index (χ4v) is 3.26. The van der Waals surface area contributed by atoms with Crippen LogP contribution in [0.1, 0.15) is 19.1 Å². The van der Waals surface area contributed by atoms with Crippen LogP contribution in [0.5, 0.6) is 0 Å². The molecule has 0 saturated carbocycles. The zero-order chi connectivity index (χ0) is 18.7. The molecule has 3 rings (SSSR count). The van der Waals surface area contributed by atoms with Crippen molar-refractivity contribution in [2.45, 2.75) is 25.9 Å². The molecule has 2 aromatic rings. The smallest absolute Gasteiger partial charge is 0.252 e. The summed E-state index contributed by atoms with van der Waals surface area (Å²) < 4.78 is 18.3. The normalized spacial score (nSPS) is 17.1. The van der Waals surface area contributed by atoms with Gasteiger partial charge in [0.2, 0.25) is 5.91 Å². The average Bonchev–Trinajstić information content (AvgIpc) is 3.20. The number of thiocarbonyl (C=S) groups is 1. The Labute approximate surface area is 155 Å². The van der Waals surface area contributed by atoms with Gasteiger partial charge in [-0.05, 0) is 55.5 Å². The molecule has 1 saturated heterocycles. The van der Waals surface area contributed by atoms with E-state index in [4.69, 9.17) is 16.6 Å². The number of likely N-dealkylation sites (N-methyl/N-ethyl adjacent to an activating group) is 1. The summed E-state index contributed by atoms with van der Waals surface area (Å²) in [5, 5.41) is 3.06. The highest BCUT2D eigenvalue weighted by Crippen LogP contribution is 2.24. The minimum absolute atomic E-state index is 0.0619. The first-order valence-corrected chi connectivity index (χ1v) is 8.60. The number of amides is 2. The van der Waals surface area contributed by atoms with Crippen molar-refractivity contribution in [1.82, 2.24) is 9.80 Å². The van der Waals surface area contributed by atoms with Gasteiger partial charge < -0.3 is 14.6 Å². The van der Waals surface area contributed by atoms with Crippen molar-refractivity contribution >= 4 is 34.8 Å². The number of nitrogens with zero attached hydrogens (tertiary/aromatic N) is 2. The largest absolute Gasteiger partial charge is 0.467 e. The molecule has 0 spiro atoms. The van der Waals surface area contributed by atoms with E-state index in [9.17, 15) is 14.0 Å². The highest BCUT2D eigenvalue weighted by Gasteiger charge is 2.42. The van der Waals surface area contributed by atoms with E-state index in [1.807, 2.05) is 6.92 Å². The van der Waals surface area contributed by atoms with Crippen molar-refractivity contribution in [2.24, 2.45) is 0 Å². The molecule has 0 bridgehead atoms. The van der Waals surface area contributed by atoms with Crippen LogP contribution in [-0.4, -0.2) is 39.3 Å². The van der Waals surface area contributed by atoms with Crippen LogP contribution >= 0.6 is 12.2 Å². The fourth-order valence-electron chi connectivity index (χ4n) is 2.85. The summed E-state index contributed by atoms with van der Waals surface area (Å²) in [6.45, 7) is 2.57. The standard InChI is InChI=1S/C18H18FN3O3S/c1-2-21-17(24)15(22(18(21)26)11-14-4-3-9-25-14)10-16(23)20-13-7-5-12(19)6-8-13/h3-9,15H,2,10-11H2,1H3,(H,20,23)/t15-/m0/s1. The minimum Gasteiger partial charge on any atom is -0.467 e. The van der Waals surface area contributed by atoms with Crippen molar-refractivity contribution in [3.63, 3.8) is 0 Å². The number of benzene rings is 1. The number of hydrogen-bond donors (Lipinski definition) is 1. The number of nitrogens with one attached hydrogen (secondary N) is 1. The van der Waals surface area contributed by atoms with Gasteiger partial charge in [-0.25, -0.2) is 4.39 Å². The Bertz CT molecular complexity index is 808. The van der Waals surface area contributed by atoms with E-state index < -0.39 is 6.04 Å². The first-order chi connectivity index (χ1) is 12.5. The van der Waals surface area contributed by atoms with Crippen LogP contribution < -0.4 is 5.32 Å². The molecule has 2 amide bonds. The second kappa shape index (κ2) is 7.65. The zero-order valence-electron chi connectivity index (χ0n) is 14.1. The molecule has 1 aromatic heterocycles. The Morgan fingerprint density at radius 3 is 2.65 bits per heavy atom. The van der Waals surface area contributed by atoms with Gasteiger partial charge in [-0.3, -0.25) is 14.5 Å². The van der Waals surface area contributed by atoms with Gasteiger partial charge in [-0.2, -0.15) is 0 Å². The maximum absolute atomic E-state index is 13.0. The molecule has 26 heavy (non-hydrogen) atoms. The molecule has 0 unspecified atom stereocenters. The number of anilines is 1. The summed E-state index contributed by atoms with van der Waals surface area (Å²) in [6.07, 6.45) is 1.48. The molecule has 1 aliphatic rings. The molecule has 8 heteroatoms. The lowest BCUT2D eigenvalue weighted by molar-refractivity contribution is -0.130. The topological polar surface area (TPSA) is 65.8 Å². The molecule has 6 nitrogen and oxygen atoms in total. The van der Waals surface area contributed by atoms with Gasteiger partial charge in [0, 0.05) is 12.2 Å². The Morgan fingerprint density at radius 2 is 2.04 bits per heavy atom. The van der Waals surface area contributed by atoms with Gasteiger partial charge in [0.15, 0.2) is 5.11 Å². The second-order valence-electron chi connectivity index (χ2n) is 5.85. The van der Waals surface area contributed by atoms with E-state index in [0.717, 1.165) is 0 Å². The SMILES string of the molecule is CCN1C(=O)[C@H](CC(=O)Nc2ccc(F)cc2)N(Cc2ccco2)C1=S. The number of carbonyl (C=O) groups is 2. The highest BCUT2D eigenvalue weighted by molar-refractivity contribution is 7.80. The molecule has 1 fully saturated rings. The quantitative estimate of drug-likeness (QED) is 0.787. The lowest BCUT2D eigenvalue weighted by Gasteiger charge is -2.22. The van der Waals surface area contributed by atoms with Gasteiger partial charge in [-0.15, -0.1) is 0 Å². The third-order valence-electron chi connectivity index (χ3n) is 4.13. The Kier molecular flexibility index (Phi) is 5.32. The molecule has 1 aromatic carbocycles. The van der Waals surface area contributed by atoms with Gasteiger partial charge in [0.05, 0.1) is 19.2 Å². The molecule has 2 heterocycles. The Hall–Kier alpha value is -2.74. The molecule has 1 N–H and O–H groups in total. The van der Waals surface area contributed by atoms with Crippen LogP contribution in [0.3, 0.4) is 0 Å². The third kappa shape index (κ3) is 3.75. The maximum Gasteiger partial charge on any atom is 0.252 e. The van der Waals surface area contributed by atoms with Gasteiger partial charge in [0.1, 0.15) is 17.6 Å². The predicted molar refractivity (Wildman–Crippen MR) is 97.7 cm³/mol. The molecule has 136 valence electrons. The van der Waals surface area contributed by atoms with Crippen LogP contribution in [-0.2, 0) is 16.1 Å². The van der Waals surface area contributed by atoms with Crippen LogP contribution in [0.4, 0.5) is 10.1 Å². The Morgan fingerprint density at radius 1 is 1.31 bits per heavy atom. The van der Waals surface area contributed by atoms with Crippen LogP contribution in [0.2, 0.25) is 0 Å². The molecule has 1 atom stereocenters. The van der Waals surface area contributed by atoms with Crippen molar-refractivity contribution in [2.75, 3.05) is 11.9 Å². The van der Waals surface area contributed by atoms with E-state index in [0.29, 0.717) is 29.6 Å². The van der Waals surface area contributed by atoms with E-state index in [1.165, 1.54) is 29.2 Å². The first-order valence-electron chi connectivity index (χ1n) is 8.19. The van der Waals surface area contributed by atoms with Gasteiger partial charge in [0.25, 0.3) is 5.91 Å². The van der Waals surface area contributed by atoms with Crippen molar-refractivity contribution < 1.29 is 18.4 Å². The number of furan rings is 1. The van der Waals surface area contributed by atoms with E-state index in [1.54, 1.807) is 23.3 Å². The Balaban J connectivity index is 1.73. The van der Waals surface area contributed by atoms with Crippen molar-refractivity contribution in [3.05, 3.63) is 54.2 Å². The molecule has 0 aliphatic carbocycles. The van der Waals surface area contributed by atoms with Crippen LogP contribution in [0, 0.1) is 5.82 Å². The lowest BCUT2D eigenvalue weighted by Crippen LogP contribution is -2.37. The predicted octanol–water partition coefficient (Wildman–Crippen LogP) is 2.77. The molecular weight excluding hydrogens is 357 g/mol. The number of halogens is 1. The van der Waals surface area contributed by atoms with Gasteiger partial charge in [-0.1, -0.05) is 0 Å². The summed E-state index contributed by atoms with van der Waals surface area (Å²) in [5.74, 6) is -0.289. The zero-order valence-corrected chi connectivity index (χ0v) is 15.0. The van der Waals surface area contributed by atoms with Crippen LogP contribution in [0.15, 0.2) is 47.1 Å². The summed E-state index contributed by atoms with van der Waals surface area (Å²) in [5.41, 5.74) is 0.467. The fraction of sp³-hybridized carbons (Fsp3) is 0.278. The monoisotopic (exact) mass is 375 g/mol. The molecular formula is C18H18FN3O3S. The summed E-state index contributed by atoms with van der Waals surface area (Å²) in [7, 11) is 0. The van der Waals surface area contributed by atoms with E-state index in [-0.39, 0.29) is 24.1 Å². The van der Waals surface area contributed by atoms with E-state index in [2.05, 4.69) is 5.32 Å². The average molecular weight is 375 g/mol. The highest BCUT2D eigenvalue weighted by atomic mass is 32.1. The van der Waals surface area contributed by atoms with E-state index >= 15 is 0 Å². The third-order valence-corrected chi connectivity index (χ3v) is 4.59. The first kappa shape index (κ1) is 18.1. The molecule has 0 radical (unpaired) electrons. The lowest BCUT2D eigenvalue weighted by atomic mass is 10.1. The summed E-state index contributed by atoms with van der Waals surface area (Å²) in [6, 6.07) is 8.29. The minimum atomic E-state index is -0.701. The summed E-state index contributed by atoms with van der Waals surface area (Å²) in [4.78, 5) is 28.2. The number of carbonyl (C=O) groups excluding carboxylic acids is 2. The van der Waals surface area contributed by atoms with Crippen LogP contribution in [0.25, 0.3) is 0 Å². The maximum atomic E-state index is 13.0. The molecule has 1 aliphatic heterocycles. The number of hydrogen-bond acceptors (Lipinski definition) is 4. The second-order valence-corrected chi connectivity index (χ2v) is 6.21. The number of rotatable bonds is 6.